The fourth-order valence-electron chi connectivity index (χ4n) is 1.60. The van der Waals surface area contributed by atoms with E-state index in [0.29, 0.717) is 18.3 Å². The lowest BCUT2D eigenvalue weighted by molar-refractivity contribution is 0.265. The highest BCUT2D eigenvalue weighted by Crippen LogP contribution is 2.20. The van der Waals surface area contributed by atoms with Crippen LogP contribution in [0, 0.1) is 0 Å². The molecule has 0 saturated heterocycles. The van der Waals surface area contributed by atoms with Crippen LogP contribution in [0.4, 0.5) is 5.82 Å². The molecule has 0 aliphatic carbocycles. The Hall–Kier alpha value is -1.97. The maximum absolute atomic E-state index is 5.73. The minimum Gasteiger partial charge on any atom is -0.473 e. The van der Waals surface area contributed by atoms with Gasteiger partial charge in [0.05, 0.1) is 6.04 Å². The monoisotopic (exact) mass is 231 g/mol. The van der Waals surface area contributed by atoms with Crippen LogP contribution < -0.4 is 10.5 Å². The predicted molar refractivity (Wildman–Crippen MR) is 67.8 cm³/mol. The normalized spacial score (nSPS) is 10.8. The molecule has 90 valence electrons. The van der Waals surface area contributed by atoms with Crippen LogP contribution >= 0.6 is 0 Å². The third-order valence-corrected chi connectivity index (χ3v) is 2.44. The number of nitrogens with two attached hydrogens (primary N) is 1. The highest BCUT2D eigenvalue weighted by molar-refractivity contribution is 5.33. The van der Waals surface area contributed by atoms with Crippen LogP contribution in [0.1, 0.15) is 25.5 Å². The summed E-state index contributed by atoms with van der Waals surface area (Å²) in [6, 6.07) is 12.0. The van der Waals surface area contributed by atoms with Crippen molar-refractivity contribution in [2.75, 3.05) is 5.73 Å². The van der Waals surface area contributed by atoms with Gasteiger partial charge in [-0.2, -0.15) is 5.10 Å². The van der Waals surface area contributed by atoms with Gasteiger partial charge in [-0.25, -0.2) is 4.68 Å². The second-order valence-electron chi connectivity index (χ2n) is 4.22. The molecule has 1 aromatic heterocycles. The Kier molecular flexibility index (Phi) is 3.32. The minimum absolute atomic E-state index is 0.234. The van der Waals surface area contributed by atoms with Crippen molar-refractivity contribution >= 4 is 5.82 Å². The number of hydrogen-bond acceptors (Lipinski definition) is 3. The molecule has 0 fully saturated rings. The SMILES string of the molecule is CC(C)n1nc(N)cc1OCc1ccccc1. The van der Waals surface area contributed by atoms with Crippen molar-refractivity contribution in [3.8, 4) is 5.88 Å². The highest BCUT2D eigenvalue weighted by Gasteiger charge is 2.09. The summed E-state index contributed by atoms with van der Waals surface area (Å²) in [5.41, 5.74) is 6.80. The first-order valence-corrected chi connectivity index (χ1v) is 5.68. The van der Waals surface area contributed by atoms with Gasteiger partial charge in [0.1, 0.15) is 12.4 Å². The fraction of sp³-hybridized carbons (Fsp3) is 0.308. The molecule has 0 bridgehead atoms. The van der Waals surface area contributed by atoms with Gasteiger partial charge in [0.15, 0.2) is 0 Å². The molecule has 17 heavy (non-hydrogen) atoms. The molecule has 1 aromatic carbocycles. The summed E-state index contributed by atoms with van der Waals surface area (Å²) < 4.78 is 7.52. The number of ether oxygens (including phenoxy) is 1. The third kappa shape index (κ3) is 2.78. The maximum Gasteiger partial charge on any atom is 0.214 e. The third-order valence-electron chi connectivity index (χ3n) is 2.44. The van der Waals surface area contributed by atoms with Crippen LogP contribution in [0.25, 0.3) is 0 Å². The maximum atomic E-state index is 5.73. The summed E-state index contributed by atoms with van der Waals surface area (Å²) in [6.45, 7) is 4.61. The highest BCUT2D eigenvalue weighted by atomic mass is 16.5. The topological polar surface area (TPSA) is 53.1 Å². The van der Waals surface area contributed by atoms with Gasteiger partial charge in [0.25, 0.3) is 0 Å². The first-order chi connectivity index (χ1) is 8.16. The molecule has 2 rings (SSSR count). The van der Waals surface area contributed by atoms with Gasteiger partial charge in [-0.15, -0.1) is 0 Å². The van der Waals surface area contributed by atoms with Crippen LogP contribution in [0.15, 0.2) is 36.4 Å². The summed E-state index contributed by atoms with van der Waals surface area (Å²) in [5.74, 6) is 1.20. The van der Waals surface area contributed by atoms with Gasteiger partial charge in [-0.3, -0.25) is 0 Å². The number of anilines is 1. The lowest BCUT2D eigenvalue weighted by atomic mass is 10.2. The Bertz CT molecular complexity index is 477. The largest absolute Gasteiger partial charge is 0.473 e. The van der Waals surface area contributed by atoms with Gasteiger partial charge >= 0.3 is 0 Å². The zero-order valence-electron chi connectivity index (χ0n) is 10.1. The number of rotatable bonds is 4. The predicted octanol–water partition coefficient (Wildman–Crippen LogP) is 2.63. The number of nitrogen functional groups attached to an aromatic ring is 1. The standard InChI is InChI=1S/C13H17N3O/c1-10(2)16-13(8-12(14)15-16)17-9-11-6-4-3-5-7-11/h3-8,10H,9H2,1-2H3,(H2,14,15). The lowest BCUT2D eigenvalue weighted by Crippen LogP contribution is -2.07. The van der Waals surface area contributed by atoms with Crippen molar-refractivity contribution in [2.45, 2.75) is 26.5 Å². The molecule has 1 heterocycles. The van der Waals surface area contributed by atoms with Crippen molar-refractivity contribution in [2.24, 2.45) is 0 Å². The number of benzene rings is 1. The summed E-state index contributed by atoms with van der Waals surface area (Å²) in [4.78, 5) is 0. The van der Waals surface area contributed by atoms with E-state index in [2.05, 4.69) is 5.10 Å². The van der Waals surface area contributed by atoms with Crippen LogP contribution in [0.3, 0.4) is 0 Å². The van der Waals surface area contributed by atoms with E-state index in [0.717, 1.165) is 5.56 Å². The zero-order chi connectivity index (χ0) is 12.3. The lowest BCUT2D eigenvalue weighted by Gasteiger charge is -2.11. The Labute approximate surface area is 101 Å². The number of nitrogens with zero attached hydrogens (tertiary/aromatic N) is 2. The Balaban J connectivity index is 2.09. The van der Waals surface area contributed by atoms with Gasteiger partial charge in [-0.1, -0.05) is 30.3 Å². The Morgan fingerprint density at radius 3 is 2.65 bits per heavy atom. The molecule has 4 heteroatoms. The molecule has 2 N–H and O–H groups in total. The van der Waals surface area contributed by atoms with E-state index in [1.165, 1.54) is 0 Å². The average molecular weight is 231 g/mol. The quantitative estimate of drug-likeness (QED) is 0.880. The van der Waals surface area contributed by atoms with Gasteiger partial charge in [0, 0.05) is 6.07 Å². The van der Waals surface area contributed by atoms with Crippen molar-refractivity contribution in [1.82, 2.24) is 9.78 Å². The van der Waals surface area contributed by atoms with E-state index in [1.54, 1.807) is 10.7 Å². The van der Waals surface area contributed by atoms with Gasteiger partial charge in [-0.05, 0) is 19.4 Å². The molecular weight excluding hydrogens is 214 g/mol. The smallest absolute Gasteiger partial charge is 0.214 e. The molecular formula is C13H17N3O. The van der Waals surface area contributed by atoms with Crippen molar-refractivity contribution < 1.29 is 4.74 Å². The van der Waals surface area contributed by atoms with Crippen molar-refractivity contribution in [3.63, 3.8) is 0 Å². The first-order valence-electron chi connectivity index (χ1n) is 5.68. The van der Waals surface area contributed by atoms with Crippen LogP contribution in [-0.2, 0) is 6.61 Å². The Morgan fingerprint density at radius 1 is 1.29 bits per heavy atom. The molecule has 0 amide bonds. The summed E-state index contributed by atoms with van der Waals surface area (Å²) >= 11 is 0. The number of aromatic nitrogens is 2. The Morgan fingerprint density at radius 2 is 2.00 bits per heavy atom. The van der Waals surface area contributed by atoms with E-state index in [1.807, 2.05) is 44.2 Å². The molecule has 0 spiro atoms. The second-order valence-corrected chi connectivity index (χ2v) is 4.22. The zero-order valence-corrected chi connectivity index (χ0v) is 10.1. The second kappa shape index (κ2) is 4.91. The molecule has 0 saturated carbocycles. The van der Waals surface area contributed by atoms with Crippen molar-refractivity contribution in [1.29, 1.82) is 0 Å². The molecule has 0 aliphatic rings. The molecule has 4 nitrogen and oxygen atoms in total. The van der Waals surface area contributed by atoms with Crippen LogP contribution in [0.5, 0.6) is 5.88 Å². The summed E-state index contributed by atoms with van der Waals surface area (Å²) in [7, 11) is 0. The fourth-order valence-corrected chi connectivity index (χ4v) is 1.60. The molecule has 0 atom stereocenters. The molecule has 2 aromatic rings. The summed E-state index contributed by atoms with van der Waals surface area (Å²) in [6.07, 6.45) is 0. The number of hydrogen-bond donors (Lipinski definition) is 1. The van der Waals surface area contributed by atoms with Gasteiger partial charge in [0.2, 0.25) is 5.88 Å². The van der Waals surface area contributed by atoms with Crippen LogP contribution in [0.2, 0.25) is 0 Å². The molecule has 0 radical (unpaired) electrons. The average Bonchev–Trinajstić information content (AvgIpc) is 2.69. The summed E-state index contributed by atoms with van der Waals surface area (Å²) in [5, 5.41) is 4.19. The van der Waals surface area contributed by atoms with E-state index in [9.17, 15) is 0 Å². The molecule has 0 unspecified atom stereocenters. The van der Waals surface area contributed by atoms with E-state index < -0.39 is 0 Å². The molecule has 0 aliphatic heterocycles. The van der Waals surface area contributed by atoms with Gasteiger partial charge < -0.3 is 10.5 Å². The van der Waals surface area contributed by atoms with E-state index in [4.69, 9.17) is 10.5 Å². The van der Waals surface area contributed by atoms with Crippen LogP contribution in [-0.4, -0.2) is 9.78 Å². The minimum atomic E-state index is 0.234. The first kappa shape index (κ1) is 11.5. The van der Waals surface area contributed by atoms with Crippen molar-refractivity contribution in [3.05, 3.63) is 42.0 Å². The van der Waals surface area contributed by atoms with E-state index >= 15 is 0 Å². The van der Waals surface area contributed by atoms with E-state index in [-0.39, 0.29) is 6.04 Å².